The van der Waals surface area contributed by atoms with Crippen LogP contribution in [0.25, 0.3) is 0 Å². The predicted molar refractivity (Wildman–Crippen MR) is 170 cm³/mol. The Bertz CT molecular complexity index is 1520. The Hall–Kier alpha value is -3.56. The molecule has 1 fully saturated rings. The number of rotatable bonds is 12. The van der Waals surface area contributed by atoms with Gasteiger partial charge in [-0.05, 0) is 80.6 Å². The van der Waals surface area contributed by atoms with Gasteiger partial charge in [-0.3, -0.25) is 13.9 Å². The molecular weight excluding hydrogens is 586 g/mol. The van der Waals surface area contributed by atoms with Crippen molar-refractivity contribution >= 4 is 39.1 Å². The summed E-state index contributed by atoms with van der Waals surface area (Å²) >= 11 is 6.32. The molecule has 10 heteroatoms. The molecule has 1 N–H and O–H groups in total. The summed E-state index contributed by atoms with van der Waals surface area (Å²) in [4.78, 5) is 29.4. The number of hydrogen-bond acceptors (Lipinski definition) is 5. The van der Waals surface area contributed by atoms with Gasteiger partial charge in [0.2, 0.25) is 11.8 Å². The van der Waals surface area contributed by atoms with Gasteiger partial charge < -0.3 is 15.0 Å². The Morgan fingerprint density at radius 2 is 1.65 bits per heavy atom. The van der Waals surface area contributed by atoms with Crippen LogP contribution in [0.2, 0.25) is 5.02 Å². The summed E-state index contributed by atoms with van der Waals surface area (Å²) in [6.07, 6.45) is 4.29. The van der Waals surface area contributed by atoms with Crippen LogP contribution in [0.3, 0.4) is 0 Å². The van der Waals surface area contributed by atoms with Crippen molar-refractivity contribution in [3.63, 3.8) is 0 Å². The van der Waals surface area contributed by atoms with E-state index in [2.05, 4.69) is 5.32 Å². The maximum Gasteiger partial charge on any atom is 0.264 e. The van der Waals surface area contributed by atoms with E-state index in [4.69, 9.17) is 16.3 Å². The number of amides is 2. The van der Waals surface area contributed by atoms with Gasteiger partial charge in [0.15, 0.2) is 0 Å². The van der Waals surface area contributed by atoms with Crippen LogP contribution < -0.4 is 14.4 Å². The molecule has 0 aromatic heterocycles. The van der Waals surface area contributed by atoms with Crippen molar-refractivity contribution in [3.05, 3.63) is 88.4 Å². The summed E-state index contributed by atoms with van der Waals surface area (Å²) in [5.41, 5.74) is 2.63. The quantitative estimate of drug-likeness (QED) is 0.265. The Morgan fingerprint density at radius 3 is 2.26 bits per heavy atom. The first-order chi connectivity index (χ1) is 20.5. The van der Waals surface area contributed by atoms with Gasteiger partial charge in [-0.2, -0.15) is 0 Å². The molecule has 1 atom stereocenters. The number of carbonyl (C=O) groups excluding carboxylic acids is 2. The van der Waals surface area contributed by atoms with E-state index in [1.54, 1.807) is 56.5 Å². The minimum Gasteiger partial charge on any atom is -0.497 e. The number of halogens is 1. The molecule has 1 aliphatic rings. The molecule has 0 radical (unpaired) electrons. The Labute approximate surface area is 260 Å². The first kappa shape index (κ1) is 32.4. The molecule has 0 aliphatic heterocycles. The van der Waals surface area contributed by atoms with Gasteiger partial charge in [0.05, 0.1) is 17.7 Å². The first-order valence-corrected chi connectivity index (χ1v) is 16.4. The lowest BCUT2D eigenvalue weighted by atomic mass is 10.1. The Balaban J connectivity index is 1.74. The van der Waals surface area contributed by atoms with E-state index in [-0.39, 0.29) is 23.4 Å². The van der Waals surface area contributed by atoms with Crippen LogP contribution in [0.4, 0.5) is 5.69 Å². The van der Waals surface area contributed by atoms with Gasteiger partial charge in [0, 0.05) is 17.6 Å². The minimum atomic E-state index is -4.18. The van der Waals surface area contributed by atoms with E-state index < -0.39 is 28.5 Å². The van der Waals surface area contributed by atoms with Crippen LogP contribution in [-0.2, 0) is 26.2 Å². The molecule has 43 heavy (non-hydrogen) atoms. The average Bonchev–Trinajstić information content (AvgIpc) is 3.50. The van der Waals surface area contributed by atoms with Gasteiger partial charge in [0.25, 0.3) is 10.0 Å². The predicted octanol–water partition coefficient (Wildman–Crippen LogP) is 6.03. The number of nitrogens with zero attached hydrogens (tertiary/aromatic N) is 2. The zero-order valence-corrected chi connectivity index (χ0v) is 26.7. The summed E-state index contributed by atoms with van der Waals surface area (Å²) in [5, 5.41) is 3.47. The van der Waals surface area contributed by atoms with Crippen molar-refractivity contribution in [1.29, 1.82) is 0 Å². The standard InChI is InChI=1S/C33H40ClN3O5S/c1-5-30(33(39)35-27-8-6-7-9-27)36(21-25-13-16-28(42-4)17-14-25)32(38)22-37(31-20-26(34)15-12-24(31)3)43(40,41)29-18-10-23(2)11-19-29/h10-20,27,30H,5-9,21-22H2,1-4H3,(H,35,39)/t30-/m0/s1. The number of carbonyl (C=O) groups is 2. The summed E-state index contributed by atoms with van der Waals surface area (Å²) in [6.45, 7) is 5.10. The van der Waals surface area contributed by atoms with E-state index in [9.17, 15) is 18.0 Å². The molecule has 1 aliphatic carbocycles. The molecule has 1 saturated carbocycles. The maximum atomic E-state index is 14.3. The van der Waals surface area contributed by atoms with Crippen molar-refractivity contribution < 1.29 is 22.7 Å². The third-order valence-electron chi connectivity index (χ3n) is 7.93. The van der Waals surface area contributed by atoms with E-state index in [1.807, 2.05) is 26.0 Å². The first-order valence-electron chi connectivity index (χ1n) is 14.6. The van der Waals surface area contributed by atoms with Gasteiger partial charge in [0.1, 0.15) is 18.3 Å². The molecule has 8 nitrogen and oxygen atoms in total. The topological polar surface area (TPSA) is 96.0 Å². The second-order valence-corrected chi connectivity index (χ2v) is 13.3. The van der Waals surface area contributed by atoms with Crippen molar-refractivity contribution in [3.8, 4) is 5.75 Å². The minimum absolute atomic E-state index is 0.0537. The zero-order valence-electron chi connectivity index (χ0n) is 25.2. The second-order valence-electron chi connectivity index (χ2n) is 11.0. The summed E-state index contributed by atoms with van der Waals surface area (Å²) in [6, 6.07) is 18.0. The molecule has 2 amide bonds. The monoisotopic (exact) mass is 625 g/mol. The number of aryl methyl sites for hydroxylation is 2. The molecule has 3 aromatic rings. The fourth-order valence-corrected chi connectivity index (χ4v) is 7.05. The number of ether oxygens (including phenoxy) is 1. The largest absolute Gasteiger partial charge is 0.497 e. The summed E-state index contributed by atoms with van der Waals surface area (Å²) < 4.78 is 34.6. The lowest BCUT2D eigenvalue weighted by Gasteiger charge is -2.34. The molecule has 0 heterocycles. The Morgan fingerprint density at radius 1 is 1.00 bits per heavy atom. The molecule has 0 saturated heterocycles. The van der Waals surface area contributed by atoms with E-state index in [0.29, 0.717) is 28.4 Å². The molecule has 0 spiro atoms. The van der Waals surface area contributed by atoms with Crippen molar-refractivity contribution in [2.24, 2.45) is 0 Å². The number of methoxy groups -OCH3 is 1. The molecular formula is C33H40ClN3O5S. The van der Waals surface area contributed by atoms with Crippen molar-refractivity contribution in [2.45, 2.75) is 76.4 Å². The highest BCUT2D eigenvalue weighted by Crippen LogP contribution is 2.30. The molecule has 0 bridgehead atoms. The van der Waals surface area contributed by atoms with Crippen LogP contribution in [0, 0.1) is 13.8 Å². The number of nitrogens with one attached hydrogen (secondary N) is 1. The highest BCUT2D eigenvalue weighted by molar-refractivity contribution is 7.92. The third-order valence-corrected chi connectivity index (χ3v) is 9.94. The highest BCUT2D eigenvalue weighted by atomic mass is 35.5. The van der Waals surface area contributed by atoms with E-state index >= 15 is 0 Å². The van der Waals surface area contributed by atoms with Crippen LogP contribution in [0.5, 0.6) is 5.75 Å². The third kappa shape index (κ3) is 7.89. The van der Waals surface area contributed by atoms with Crippen LogP contribution >= 0.6 is 11.6 Å². The van der Waals surface area contributed by atoms with Crippen LogP contribution in [0.1, 0.15) is 55.7 Å². The molecule has 0 unspecified atom stereocenters. The fourth-order valence-electron chi connectivity index (χ4n) is 5.42. The molecule has 3 aromatic carbocycles. The second kappa shape index (κ2) is 14.3. The maximum absolute atomic E-state index is 14.3. The van der Waals surface area contributed by atoms with Gasteiger partial charge in [-0.15, -0.1) is 0 Å². The normalized spacial score (nSPS) is 14.3. The van der Waals surface area contributed by atoms with Crippen LogP contribution in [0.15, 0.2) is 71.6 Å². The highest BCUT2D eigenvalue weighted by Gasteiger charge is 2.35. The molecule has 4 rings (SSSR count). The van der Waals surface area contributed by atoms with Crippen LogP contribution in [-0.4, -0.2) is 50.9 Å². The number of sulfonamides is 1. The average molecular weight is 626 g/mol. The summed E-state index contributed by atoms with van der Waals surface area (Å²) in [7, 11) is -2.61. The van der Waals surface area contributed by atoms with Gasteiger partial charge in [-0.1, -0.05) is 67.3 Å². The van der Waals surface area contributed by atoms with E-state index in [0.717, 1.165) is 41.1 Å². The SMILES string of the molecule is CC[C@@H](C(=O)NC1CCCC1)N(Cc1ccc(OC)cc1)C(=O)CN(c1cc(Cl)ccc1C)S(=O)(=O)c1ccc(C)cc1. The van der Waals surface area contributed by atoms with Crippen molar-refractivity contribution in [2.75, 3.05) is 18.0 Å². The Kier molecular flexibility index (Phi) is 10.7. The smallest absolute Gasteiger partial charge is 0.264 e. The summed E-state index contributed by atoms with van der Waals surface area (Å²) in [5.74, 6) is -0.0677. The van der Waals surface area contributed by atoms with Gasteiger partial charge in [-0.25, -0.2) is 8.42 Å². The number of hydrogen-bond donors (Lipinski definition) is 1. The lowest BCUT2D eigenvalue weighted by Crippen LogP contribution is -2.53. The number of anilines is 1. The van der Waals surface area contributed by atoms with Crippen molar-refractivity contribution in [1.82, 2.24) is 10.2 Å². The van der Waals surface area contributed by atoms with E-state index in [1.165, 1.54) is 17.0 Å². The fraction of sp³-hybridized carbons (Fsp3) is 0.394. The molecule has 230 valence electrons. The van der Waals surface area contributed by atoms with Gasteiger partial charge >= 0.3 is 0 Å². The zero-order chi connectivity index (χ0) is 31.1. The lowest BCUT2D eigenvalue weighted by molar-refractivity contribution is -0.140. The number of benzene rings is 3.